The zero-order valence-electron chi connectivity index (χ0n) is 10.2. The lowest BCUT2D eigenvalue weighted by atomic mass is 10.1. The summed E-state index contributed by atoms with van der Waals surface area (Å²) >= 11 is 4.93. The Kier molecular flexibility index (Phi) is 4.45. The van der Waals surface area contributed by atoms with Crippen LogP contribution in [0.15, 0.2) is 0 Å². The van der Waals surface area contributed by atoms with E-state index in [0.29, 0.717) is 19.4 Å². The molecule has 5 nitrogen and oxygen atoms in total. The van der Waals surface area contributed by atoms with E-state index < -0.39 is 11.4 Å². The first-order valence-corrected chi connectivity index (χ1v) is 6.05. The molecule has 96 valence electrons. The van der Waals surface area contributed by atoms with E-state index in [1.807, 2.05) is 6.92 Å². The van der Waals surface area contributed by atoms with Gasteiger partial charge in [-0.15, -0.1) is 0 Å². The number of thiocarbonyl (C=S) groups is 1. The van der Waals surface area contributed by atoms with Gasteiger partial charge in [0.15, 0.2) is 0 Å². The van der Waals surface area contributed by atoms with Crippen molar-refractivity contribution in [3.63, 3.8) is 0 Å². The molecule has 0 aromatic rings. The number of nitrogens with zero attached hydrogens (tertiary/aromatic N) is 1. The van der Waals surface area contributed by atoms with Gasteiger partial charge in [0.05, 0.1) is 17.5 Å². The Labute approximate surface area is 106 Å². The van der Waals surface area contributed by atoms with Gasteiger partial charge in [-0.2, -0.15) is 0 Å². The number of esters is 1. The molecule has 6 heteroatoms. The van der Waals surface area contributed by atoms with E-state index >= 15 is 0 Å². The Balaban J connectivity index is 2.74. The van der Waals surface area contributed by atoms with E-state index in [2.05, 4.69) is 4.74 Å². The lowest BCUT2D eigenvalue weighted by Gasteiger charge is -2.25. The number of methoxy groups -OCH3 is 1. The molecule has 0 unspecified atom stereocenters. The van der Waals surface area contributed by atoms with Crippen LogP contribution in [0.4, 0.5) is 0 Å². The minimum absolute atomic E-state index is 0.0342. The quantitative estimate of drug-likeness (QED) is 0.553. The minimum Gasteiger partial charge on any atom is -0.468 e. The number of carbonyl (C=O) groups is 2. The van der Waals surface area contributed by atoms with Crippen molar-refractivity contribution < 1.29 is 14.3 Å². The molecule has 0 saturated heterocycles. The molecule has 1 amide bonds. The highest BCUT2D eigenvalue weighted by Gasteiger charge is 2.54. The SMILES string of the molecule is CCCN(CC(=O)OC)C(=O)C1(C(N)=S)CC1. The summed E-state index contributed by atoms with van der Waals surface area (Å²) in [7, 11) is 1.30. The van der Waals surface area contributed by atoms with Crippen LogP contribution in [0.3, 0.4) is 0 Å². The predicted octanol–water partition coefficient (Wildman–Crippen LogP) is 0.464. The Morgan fingerprint density at radius 1 is 1.47 bits per heavy atom. The second-order valence-corrected chi connectivity index (χ2v) is 4.69. The van der Waals surface area contributed by atoms with E-state index in [4.69, 9.17) is 18.0 Å². The summed E-state index contributed by atoms with van der Waals surface area (Å²) in [5, 5.41) is 0. The molecule has 0 atom stereocenters. The van der Waals surface area contributed by atoms with Crippen molar-refractivity contribution in [2.45, 2.75) is 26.2 Å². The molecule has 1 saturated carbocycles. The fourth-order valence-electron chi connectivity index (χ4n) is 1.74. The maximum absolute atomic E-state index is 12.3. The minimum atomic E-state index is -0.696. The molecule has 0 bridgehead atoms. The van der Waals surface area contributed by atoms with Gasteiger partial charge in [0.1, 0.15) is 6.54 Å². The standard InChI is InChI=1S/C11H18N2O3S/c1-3-6-13(7-8(14)16-2)10(15)11(4-5-11)9(12)17/h3-7H2,1-2H3,(H2,12,17). The second-order valence-electron chi connectivity index (χ2n) is 4.25. The molecule has 0 spiro atoms. The summed E-state index contributed by atoms with van der Waals surface area (Å²) in [5.41, 5.74) is 4.90. The van der Waals surface area contributed by atoms with Gasteiger partial charge in [-0.1, -0.05) is 19.1 Å². The molecular formula is C11H18N2O3S. The van der Waals surface area contributed by atoms with Crippen molar-refractivity contribution in [1.29, 1.82) is 0 Å². The lowest BCUT2D eigenvalue weighted by molar-refractivity contribution is -0.148. The van der Waals surface area contributed by atoms with Crippen LogP contribution in [-0.4, -0.2) is 42.0 Å². The van der Waals surface area contributed by atoms with Crippen LogP contribution in [0.25, 0.3) is 0 Å². The second kappa shape index (κ2) is 5.44. The van der Waals surface area contributed by atoms with Crippen molar-refractivity contribution in [1.82, 2.24) is 4.90 Å². The third-order valence-electron chi connectivity index (χ3n) is 2.96. The van der Waals surface area contributed by atoms with Gasteiger partial charge in [-0.05, 0) is 19.3 Å². The summed E-state index contributed by atoms with van der Waals surface area (Å²) in [5.74, 6) is -0.567. The molecule has 0 heterocycles. The summed E-state index contributed by atoms with van der Waals surface area (Å²) in [6.07, 6.45) is 2.14. The summed E-state index contributed by atoms with van der Waals surface area (Å²) in [6, 6.07) is 0. The number of nitrogens with two attached hydrogens (primary N) is 1. The van der Waals surface area contributed by atoms with Crippen LogP contribution in [0.2, 0.25) is 0 Å². The van der Waals surface area contributed by atoms with E-state index in [-0.39, 0.29) is 17.4 Å². The fraction of sp³-hybridized carbons (Fsp3) is 0.727. The number of rotatable bonds is 6. The van der Waals surface area contributed by atoms with Gasteiger partial charge in [0.25, 0.3) is 0 Å². The van der Waals surface area contributed by atoms with E-state index in [0.717, 1.165) is 6.42 Å². The molecule has 2 N–H and O–H groups in total. The van der Waals surface area contributed by atoms with Crippen molar-refractivity contribution >= 4 is 29.1 Å². The molecule has 0 radical (unpaired) electrons. The molecule has 1 aliphatic rings. The molecular weight excluding hydrogens is 240 g/mol. The molecule has 0 aromatic heterocycles. The maximum atomic E-state index is 12.3. The monoisotopic (exact) mass is 258 g/mol. The topological polar surface area (TPSA) is 72.6 Å². The van der Waals surface area contributed by atoms with Crippen molar-refractivity contribution in [2.75, 3.05) is 20.2 Å². The van der Waals surface area contributed by atoms with Gasteiger partial charge >= 0.3 is 5.97 Å². The van der Waals surface area contributed by atoms with Crippen LogP contribution in [0, 0.1) is 5.41 Å². The zero-order valence-corrected chi connectivity index (χ0v) is 11.0. The van der Waals surface area contributed by atoms with Crippen LogP contribution in [0.1, 0.15) is 26.2 Å². The summed E-state index contributed by atoms with van der Waals surface area (Å²) in [4.78, 5) is 25.2. The van der Waals surface area contributed by atoms with Crippen LogP contribution in [0.5, 0.6) is 0 Å². The first-order valence-electron chi connectivity index (χ1n) is 5.64. The molecule has 0 aromatic carbocycles. The Bertz CT molecular complexity index is 340. The molecule has 1 aliphatic carbocycles. The third-order valence-corrected chi connectivity index (χ3v) is 3.35. The Morgan fingerprint density at radius 3 is 2.41 bits per heavy atom. The van der Waals surface area contributed by atoms with E-state index in [1.165, 1.54) is 12.0 Å². The smallest absolute Gasteiger partial charge is 0.325 e. The van der Waals surface area contributed by atoms with Crippen molar-refractivity contribution in [2.24, 2.45) is 11.1 Å². The lowest BCUT2D eigenvalue weighted by Crippen LogP contribution is -2.45. The number of amides is 1. The molecule has 1 rings (SSSR count). The highest BCUT2D eigenvalue weighted by molar-refractivity contribution is 7.80. The van der Waals surface area contributed by atoms with Gasteiger partial charge in [0, 0.05) is 6.54 Å². The third kappa shape index (κ3) is 2.94. The predicted molar refractivity (Wildman–Crippen MR) is 67.3 cm³/mol. The van der Waals surface area contributed by atoms with Gasteiger partial charge in [-0.25, -0.2) is 0 Å². The number of hydrogen-bond acceptors (Lipinski definition) is 4. The highest BCUT2D eigenvalue weighted by Crippen LogP contribution is 2.47. The van der Waals surface area contributed by atoms with Gasteiger partial charge in [0.2, 0.25) is 5.91 Å². The maximum Gasteiger partial charge on any atom is 0.325 e. The number of ether oxygens (including phenoxy) is 1. The fourth-order valence-corrected chi connectivity index (χ4v) is 2.03. The average molecular weight is 258 g/mol. The summed E-state index contributed by atoms with van der Waals surface area (Å²) in [6.45, 7) is 2.42. The summed E-state index contributed by atoms with van der Waals surface area (Å²) < 4.78 is 4.57. The van der Waals surface area contributed by atoms with Crippen molar-refractivity contribution in [3.8, 4) is 0 Å². The number of hydrogen-bond donors (Lipinski definition) is 1. The van der Waals surface area contributed by atoms with E-state index in [1.54, 1.807) is 0 Å². The highest BCUT2D eigenvalue weighted by atomic mass is 32.1. The van der Waals surface area contributed by atoms with Crippen LogP contribution >= 0.6 is 12.2 Å². The Hall–Kier alpha value is -1.17. The molecule has 17 heavy (non-hydrogen) atoms. The van der Waals surface area contributed by atoms with E-state index in [9.17, 15) is 9.59 Å². The van der Waals surface area contributed by atoms with Gasteiger partial charge < -0.3 is 15.4 Å². The zero-order chi connectivity index (χ0) is 13.1. The van der Waals surface area contributed by atoms with Crippen LogP contribution < -0.4 is 5.73 Å². The first kappa shape index (κ1) is 13.9. The van der Waals surface area contributed by atoms with Crippen LogP contribution in [-0.2, 0) is 14.3 Å². The molecule has 0 aliphatic heterocycles. The molecule has 1 fully saturated rings. The number of carbonyl (C=O) groups excluding carboxylic acids is 2. The van der Waals surface area contributed by atoms with Gasteiger partial charge in [-0.3, -0.25) is 9.59 Å². The largest absolute Gasteiger partial charge is 0.468 e. The average Bonchev–Trinajstić information content (AvgIpc) is 3.08. The normalized spacial score (nSPS) is 16.1. The van der Waals surface area contributed by atoms with Crippen molar-refractivity contribution in [3.05, 3.63) is 0 Å². The first-order chi connectivity index (χ1) is 7.97. The Morgan fingerprint density at radius 2 is 2.06 bits per heavy atom.